The highest BCUT2D eigenvalue weighted by Crippen LogP contribution is 2.34. The van der Waals surface area contributed by atoms with E-state index >= 15 is 0 Å². The van der Waals surface area contributed by atoms with Gasteiger partial charge in [-0.05, 0) is 11.4 Å². The Balaban J connectivity index is 2.13. The number of fused-ring (bicyclic) bond motifs is 1. The lowest BCUT2D eigenvalue weighted by molar-refractivity contribution is 0.269. The molecule has 18 heavy (non-hydrogen) atoms. The zero-order chi connectivity index (χ0) is 12.5. The molecule has 0 atom stereocenters. The van der Waals surface area contributed by atoms with Gasteiger partial charge in [-0.2, -0.15) is 5.10 Å². The van der Waals surface area contributed by atoms with Gasteiger partial charge >= 0.3 is 0 Å². The molecule has 0 fully saturated rings. The summed E-state index contributed by atoms with van der Waals surface area (Å²) in [5.41, 5.74) is 7.86. The van der Waals surface area contributed by atoms with Gasteiger partial charge in [0, 0.05) is 33.6 Å². The van der Waals surface area contributed by atoms with Crippen LogP contribution in [0.2, 0.25) is 0 Å². The smallest absolute Gasteiger partial charge is 0.132 e. The molecular weight excluding hydrogens is 248 g/mol. The first-order valence-corrected chi connectivity index (χ1v) is 6.43. The molecule has 0 spiro atoms. The topological polar surface area (TPSA) is 77.0 Å². The third kappa shape index (κ3) is 1.75. The summed E-state index contributed by atoms with van der Waals surface area (Å²) in [6, 6.07) is 1.98. The van der Waals surface area contributed by atoms with Crippen LogP contribution in [0, 0.1) is 0 Å². The Hall–Kier alpha value is -1.92. The van der Waals surface area contributed by atoms with Crippen LogP contribution in [0.1, 0.15) is 0 Å². The molecule has 0 unspecified atom stereocenters. The molecule has 0 saturated heterocycles. The second-order valence-corrected chi connectivity index (χ2v) is 4.85. The number of thiophene rings is 1. The van der Waals surface area contributed by atoms with Gasteiger partial charge in [-0.15, -0.1) is 11.3 Å². The maximum atomic E-state index is 8.89. The zero-order valence-corrected chi connectivity index (χ0v) is 10.4. The lowest BCUT2D eigenvalue weighted by Gasteiger charge is -2.01. The van der Waals surface area contributed by atoms with Gasteiger partial charge in [0.05, 0.1) is 19.3 Å². The van der Waals surface area contributed by atoms with Gasteiger partial charge < -0.3 is 10.8 Å². The number of aliphatic hydroxyl groups excluding tert-OH is 1. The number of pyridine rings is 1. The van der Waals surface area contributed by atoms with Crippen molar-refractivity contribution in [2.75, 3.05) is 12.3 Å². The monoisotopic (exact) mass is 260 g/mol. The number of aliphatic hydroxyl groups is 1. The molecule has 6 heteroatoms. The minimum absolute atomic E-state index is 0.0789. The largest absolute Gasteiger partial charge is 0.394 e. The fourth-order valence-electron chi connectivity index (χ4n) is 1.91. The number of rotatable bonds is 3. The van der Waals surface area contributed by atoms with Crippen LogP contribution in [0.3, 0.4) is 0 Å². The van der Waals surface area contributed by atoms with Crippen molar-refractivity contribution in [1.29, 1.82) is 0 Å². The molecule has 3 N–H and O–H groups in total. The first kappa shape index (κ1) is 11.2. The summed E-state index contributed by atoms with van der Waals surface area (Å²) < 4.78 is 2.83. The molecule has 0 bridgehead atoms. The highest BCUT2D eigenvalue weighted by Gasteiger charge is 2.10. The highest BCUT2D eigenvalue weighted by molar-refractivity contribution is 7.17. The van der Waals surface area contributed by atoms with Crippen molar-refractivity contribution >= 4 is 27.2 Å². The van der Waals surface area contributed by atoms with E-state index in [1.54, 1.807) is 28.4 Å². The lowest BCUT2D eigenvalue weighted by Crippen LogP contribution is -2.01. The summed E-state index contributed by atoms with van der Waals surface area (Å²) in [7, 11) is 0. The summed E-state index contributed by atoms with van der Waals surface area (Å²) >= 11 is 1.64. The van der Waals surface area contributed by atoms with Gasteiger partial charge in [-0.3, -0.25) is 4.68 Å². The van der Waals surface area contributed by atoms with Crippen molar-refractivity contribution in [3.63, 3.8) is 0 Å². The molecule has 3 aromatic heterocycles. The van der Waals surface area contributed by atoms with E-state index in [-0.39, 0.29) is 6.61 Å². The van der Waals surface area contributed by atoms with Crippen LogP contribution in [-0.4, -0.2) is 26.5 Å². The van der Waals surface area contributed by atoms with E-state index < -0.39 is 0 Å². The summed E-state index contributed by atoms with van der Waals surface area (Å²) in [4.78, 5) is 4.21. The zero-order valence-electron chi connectivity index (χ0n) is 9.58. The molecule has 0 radical (unpaired) electrons. The molecular formula is C12H12N4OS. The Kier molecular flexibility index (Phi) is 2.73. The minimum Gasteiger partial charge on any atom is -0.394 e. The number of hydrogen-bond donors (Lipinski definition) is 2. The maximum Gasteiger partial charge on any atom is 0.132 e. The number of hydrogen-bond acceptors (Lipinski definition) is 5. The fourth-order valence-corrected chi connectivity index (χ4v) is 2.85. The normalized spacial score (nSPS) is 11.2. The summed E-state index contributed by atoms with van der Waals surface area (Å²) in [5.74, 6) is 0.553. The molecule has 3 heterocycles. The third-order valence-corrected chi connectivity index (χ3v) is 3.74. The van der Waals surface area contributed by atoms with Crippen molar-refractivity contribution in [2.45, 2.75) is 6.54 Å². The van der Waals surface area contributed by atoms with Crippen LogP contribution < -0.4 is 5.73 Å². The number of aromatic nitrogens is 3. The number of nitrogens with two attached hydrogens (primary N) is 1. The van der Waals surface area contributed by atoms with E-state index in [1.807, 2.05) is 17.6 Å². The molecule has 0 aliphatic heterocycles. The van der Waals surface area contributed by atoms with E-state index in [4.69, 9.17) is 10.8 Å². The quantitative estimate of drug-likeness (QED) is 0.752. The van der Waals surface area contributed by atoms with Crippen molar-refractivity contribution in [3.8, 4) is 11.1 Å². The van der Waals surface area contributed by atoms with E-state index in [9.17, 15) is 0 Å². The molecule has 0 saturated carbocycles. The van der Waals surface area contributed by atoms with Crippen LogP contribution in [0.25, 0.3) is 21.2 Å². The van der Waals surface area contributed by atoms with Gasteiger partial charge in [-0.25, -0.2) is 4.98 Å². The van der Waals surface area contributed by atoms with Crippen molar-refractivity contribution in [2.24, 2.45) is 0 Å². The SMILES string of the molecule is Nc1ncc(-c2cnn(CCO)c2)c2sccc12. The standard InChI is InChI=1S/C12H12N4OS/c13-12-9-1-4-18-11(9)10(6-14-12)8-5-15-16(7-8)2-3-17/h1,4-7,17H,2-3H2,(H2,13,14). The molecule has 3 rings (SSSR count). The maximum absolute atomic E-state index is 8.89. The second-order valence-electron chi connectivity index (χ2n) is 3.94. The number of nitrogen functional groups attached to an aromatic ring is 1. The van der Waals surface area contributed by atoms with Gasteiger partial charge in [0.15, 0.2) is 0 Å². The van der Waals surface area contributed by atoms with Gasteiger partial charge in [0.25, 0.3) is 0 Å². The van der Waals surface area contributed by atoms with Crippen LogP contribution in [0.4, 0.5) is 5.82 Å². The predicted molar refractivity (Wildman–Crippen MR) is 72.3 cm³/mol. The van der Waals surface area contributed by atoms with Crippen molar-refractivity contribution < 1.29 is 5.11 Å². The highest BCUT2D eigenvalue weighted by atomic mass is 32.1. The Labute approximate surface area is 108 Å². The van der Waals surface area contributed by atoms with E-state index in [2.05, 4.69) is 10.1 Å². The van der Waals surface area contributed by atoms with Crippen LogP contribution in [0.15, 0.2) is 30.0 Å². The first-order valence-electron chi connectivity index (χ1n) is 5.55. The van der Waals surface area contributed by atoms with E-state index in [0.717, 1.165) is 21.2 Å². The Morgan fingerprint density at radius 3 is 3.11 bits per heavy atom. The molecule has 92 valence electrons. The average Bonchev–Trinajstić information content (AvgIpc) is 2.99. The molecule has 0 aromatic carbocycles. The molecule has 0 aliphatic rings. The van der Waals surface area contributed by atoms with Gasteiger partial charge in [0.2, 0.25) is 0 Å². The average molecular weight is 260 g/mol. The Bertz CT molecular complexity index is 688. The summed E-state index contributed by atoms with van der Waals surface area (Å²) in [6.45, 7) is 0.575. The van der Waals surface area contributed by atoms with Gasteiger partial charge in [0.1, 0.15) is 5.82 Å². The minimum atomic E-state index is 0.0789. The fraction of sp³-hybridized carbons (Fsp3) is 0.167. The third-order valence-electron chi connectivity index (χ3n) is 2.79. The molecule has 0 aliphatic carbocycles. The molecule has 0 amide bonds. The van der Waals surface area contributed by atoms with Crippen LogP contribution >= 0.6 is 11.3 Å². The lowest BCUT2D eigenvalue weighted by atomic mass is 10.1. The Morgan fingerprint density at radius 2 is 2.28 bits per heavy atom. The first-order chi connectivity index (χ1) is 8.79. The molecule has 5 nitrogen and oxygen atoms in total. The molecule has 3 aromatic rings. The number of nitrogens with zero attached hydrogens (tertiary/aromatic N) is 3. The van der Waals surface area contributed by atoms with Crippen molar-refractivity contribution in [3.05, 3.63) is 30.0 Å². The van der Waals surface area contributed by atoms with Crippen LogP contribution in [0.5, 0.6) is 0 Å². The summed E-state index contributed by atoms with van der Waals surface area (Å²) in [5, 5.41) is 16.1. The van der Waals surface area contributed by atoms with E-state index in [0.29, 0.717) is 12.4 Å². The predicted octanol–water partition coefficient (Wildman–Crippen LogP) is 1.73. The number of anilines is 1. The van der Waals surface area contributed by atoms with Crippen LogP contribution in [-0.2, 0) is 6.54 Å². The van der Waals surface area contributed by atoms with Gasteiger partial charge in [-0.1, -0.05) is 0 Å². The van der Waals surface area contributed by atoms with E-state index in [1.165, 1.54) is 0 Å². The summed E-state index contributed by atoms with van der Waals surface area (Å²) in [6.07, 6.45) is 5.46. The van der Waals surface area contributed by atoms with Crippen molar-refractivity contribution in [1.82, 2.24) is 14.8 Å². The second kappa shape index (κ2) is 4.40. The Morgan fingerprint density at radius 1 is 1.39 bits per heavy atom.